The minimum Gasteiger partial charge on any atom is -0.447 e. The Morgan fingerprint density at radius 3 is 2.85 bits per heavy atom. The average Bonchev–Trinajstić information content (AvgIpc) is 2.93. The lowest BCUT2D eigenvalue weighted by atomic mass is 9.68. The number of rotatable bonds is 5. The van der Waals surface area contributed by atoms with Crippen LogP contribution in [0.2, 0.25) is 5.02 Å². The normalized spacial score (nSPS) is 27.7. The van der Waals surface area contributed by atoms with Gasteiger partial charge in [-0.3, -0.25) is 4.79 Å². The Labute approximate surface area is 157 Å². The lowest BCUT2D eigenvalue weighted by molar-refractivity contribution is -0.149. The number of halogens is 1. The van der Waals surface area contributed by atoms with Gasteiger partial charge in [0.15, 0.2) is 0 Å². The molecule has 1 aromatic carbocycles. The van der Waals surface area contributed by atoms with E-state index in [2.05, 4.69) is 5.32 Å². The number of amides is 2. The second-order valence-electron chi connectivity index (χ2n) is 7.79. The van der Waals surface area contributed by atoms with Gasteiger partial charge in [-0.15, -0.1) is 0 Å². The van der Waals surface area contributed by atoms with Gasteiger partial charge >= 0.3 is 6.09 Å². The van der Waals surface area contributed by atoms with Gasteiger partial charge < -0.3 is 19.7 Å². The standard InChI is InChI=1S/C19H23ClN2O4/c1-12-2-3-13(4-16(12)20)9-25-10-14-7-22(8-14)17(23)15-5-19(6-15)11-26-18(24)21-19/h2-4,14-15H,5-11H2,1H3,(H,21,24)/t15-,19+. The van der Waals surface area contributed by atoms with Gasteiger partial charge in [0.1, 0.15) is 6.61 Å². The SMILES string of the molecule is Cc1ccc(COCC2CN(C(=O)[C@H]3C[C@]4(COC(=O)N4)C3)C2)cc1Cl. The van der Waals surface area contributed by atoms with Crippen LogP contribution in [0, 0.1) is 18.8 Å². The smallest absolute Gasteiger partial charge is 0.407 e. The molecule has 7 heteroatoms. The molecular formula is C19H23ClN2O4. The summed E-state index contributed by atoms with van der Waals surface area (Å²) in [5.74, 6) is 0.593. The number of benzene rings is 1. The highest BCUT2D eigenvalue weighted by Crippen LogP contribution is 2.42. The zero-order valence-corrected chi connectivity index (χ0v) is 15.6. The van der Waals surface area contributed by atoms with E-state index < -0.39 is 0 Å². The van der Waals surface area contributed by atoms with Gasteiger partial charge in [0, 0.05) is 29.9 Å². The minimum absolute atomic E-state index is 0.00793. The Hall–Kier alpha value is -1.79. The van der Waals surface area contributed by atoms with Crippen molar-refractivity contribution in [1.82, 2.24) is 10.2 Å². The van der Waals surface area contributed by atoms with Crippen LogP contribution in [0.25, 0.3) is 0 Å². The molecule has 6 nitrogen and oxygen atoms in total. The number of cyclic esters (lactones) is 1. The third-order valence-corrected chi connectivity index (χ3v) is 6.00. The number of nitrogens with one attached hydrogen (secondary N) is 1. The molecule has 3 aliphatic rings. The van der Waals surface area contributed by atoms with Crippen LogP contribution in [0.3, 0.4) is 0 Å². The fraction of sp³-hybridized carbons (Fsp3) is 0.579. The van der Waals surface area contributed by atoms with E-state index in [1.807, 2.05) is 30.0 Å². The summed E-state index contributed by atoms with van der Waals surface area (Å²) in [6, 6.07) is 5.95. The van der Waals surface area contributed by atoms with Gasteiger partial charge in [-0.25, -0.2) is 4.79 Å². The summed E-state index contributed by atoms with van der Waals surface area (Å²) in [5, 5.41) is 3.58. The zero-order chi connectivity index (χ0) is 18.3. The fourth-order valence-electron chi connectivity index (χ4n) is 3.95. The Bertz CT molecular complexity index is 726. The summed E-state index contributed by atoms with van der Waals surface area (Å²) in [6.07, 6.45) is 0.999. The number of likely N-dealkylation sites (tertiary alicyclic amines) is 1. The minimum atomic E-state index is -0.369. The van der Waals surface area contributed by atoms with Crippen LogP contribution in [-0.2, 0) is 20.9 Å². The third kappa shape index (κ3) is 3.40. The van der Waals surface area contributed by atoms with E-state index in [-0.39, 0.29) is 23.5 Å². The predicted octanol–water partition coefficient (Wildman–Crippen LogP) is 2.51. The molecule has 0 atom stereocenters. The molecule has 2 amide bonds. The number of aryl methyl sites for hydroxylation is 1. The van der Waals surface area contributed by atoms with Crippen LogP contribution in [0.4, 0.5) is 4.79 Å². The van der Waals surface area contributed by atoms with E-state index >= 15 is 0 Å². The average molecular weight is 379 g/mol. The highest BCUT2D eigenvalue weighted by atomic mass is 35.5. The third-order valence-electron chi connectivity index (χ3n) is 5.60. The van der Waals surface area contributed by atoms with Crippen LogP contribution in [0.5, 0.6) is 0 Å². The molecule has 0 radical (unpaired) electrons. The molecule has 2 aliphatic heterocycles. The fourth-order valence-corrected chi connectivity index (χ4v) is 4.16. The maximum Gasteiger partial charge on any atom is 0.407 e. The molecular weight excluding hydrogens is 356 g/mol. The number of carbonyl (C=O) groups excluding carboxylic acids is 2. The summed E-state index contributed by atoms with van der Waals surface area (Å²) in [7, 11) is 0. The monoisotopic (exact) mass is 378 g/mol. The van der Waals surface area contributed by atoms with Gasteiger partial charge in [0.2, 0.25) is 5.91 Å². The number of alkyl carbamates (subject to hydrolysis) is 1. The first-order valence-electron chi connectivity index (χ1n) is 9.01. The quantitative estimate of drug-likeness (QED) is 0.854. The molecule has 1 N–H and O–H groups in total. The van der Waals surface area contributed by atoms with E-state index in [1.165, 1.54) is 0 Å². The van der Waals surface area contributed by atoms with Crippen molar-refractivity contribution in [2.45, 2.75) is 31.9 Å². The molecule has 3 fully saturated rings. The lowest BCUT2D eigenvalue weighted by Gasteiger charge is -2.47. The van der Waals surface area contributed by atoms with Crippen molar-refractivity contribution in [3.63, 3.8) is 0 Å². The first-order valence-corrected chi connectivity index (χ1v) is 9.38. The number of ether oxygens (including phenoxy) is 2. The Morgan fingerprint density at radius 2 is 2.19 bits per heavy atom. The summed E-state index contributed by atoms with van der Waals surface area (Å²) in [5.41, 5.74) is 1.83. The van der Waals surface area contributed by atoms with Crippen molar-refractivity contribution < 1.29 is 19.1 Å². The number of carbonyl (C=O) groups is 2. The number of hydrogen-bond donors (Lipinski definition) is 1. The van der Waals surface area contributed by atoms with E-state index in [1.54, 1.807) is 0 Å². The second kappa shape index (κ2) is 6.74. The van der Waals surface area contributed by atoms with Gasteiger partial charge in [-0.05, 0) is 37.0 Å². The molecule has 1 aliphatic carbocycles. The lowest BCUT2D eigenvalue weighted by Crippen LogP contribution is -2.61. The number of nitrogens with zero attached hydrogens (tertiary/aromatic N) is 1. The van der Waals surface area contributed by atoms with Gasteiger partial charge in [-0.1, -0.05) is 23.7 Å². The highest BCUT2D eigenvalue weighted by molar-refractivity contribution is 6.31. The molecule has 2 saturated heterocycles. The van der Waals surface area contributed by atoms with Crippen molar-refractivity contribution >= 4 is 23.6 Å². The van der Waals surface area contributed by atoms with Crippen LogP contribution in [0.1, 0.15) is 24.0 Å². The van der Waals surface area contributed by atoms with E-state index in [9.17, 15) is 9.59 Å². The largest absolute Gasteiger partial charge is 0.447 e. The maximum absolute atomic E-state index is 12.5. The van der Waals surface area contributed by atoms with Crippen molar-refractivity contribution in [3.8, 4) is 0 Å². The molecule has 26 heavy (non-hydrogen) atoms. The molecule has 140 valence electrons. The summed E-state index contributed by atoms with van der Waals surface area (Å²) < 4.78 is 10.7. The number of hydrogen-bond acceptors (Lipinski definition) is 4. The van der Waals surface area contributed by atoms with Crippen molar-refractivity contribution in [2.75, 3.05) is 26.3 Å². The predicted molar refractivity (Wildman–Crippen MR) is 95.9 cm³/mol. The molecule has 4 rings (SSSR count). The molecule has 2 heterocycles. The van der Waals surface area contributed by atoms with Crippen molar-refractivity contribution in [2.24, 2.45) is 11.8 Å². The summed E-state index contributed by atoms with van der Waals surface area (Å²) >= 11 is 6.12. The topological polar surface area (TPSA) is 67.9 Å². The van der Waals surface area contributed by atoms with E-state index in [0.29, 0.717) is 38.6 Å². The first-order chi connectivity index (χ1) is 12.4. The Kier molecular flexibility index (Phi) is 4.57. The van der Waals surface area contributed by atoms with Gasteiger partial charge in [0.25, 0.3) is 0 Å². The highest BCUT2D eigenvalue weighted by Gasteiger charge is 2.54. The Morgan fingerprint density at radius 1 is 1.42 bits per heavy atom. The van der Waals surface area contributed by atoms with E-state index in [0.717, 1.165) is 29.2 Å². The molecule has 1 spiro atoms. The Balaban J connectivity index is 1.15. The van der Waals surface area contributed by atoms with Gasteiger partial charge in [0.05, 0.1) is 18.8 Å². The van der Waals surface area contributed by atoms with Crippen LogP contribution in [-0.4, -0.2) is 48.7 Å². The molecule has 0 bridgehead atoms. The van der Waals surface area contributed by atoms with Crippen molar-refractivity contribution in [3.05, 3.63) is 34.3 Å². The molecule has 0 unspecified atom stereocenters. The molecule has 1 saturated carbocycles. The van der Waals surface area contributed by atoms with Crippen LogP contribution < -0.4 is 5.32 Å². The maximum atomic E-state index is 12.5. The molecule has 0 aromatic heterocycles. The second-order valence-corrected chi connectivity index (χ2v) is 8.20. The summed E-state index contributed by atoms with van der Waals surface area (Å²) in [6.45, 7) is 5.04. The summed E-state index contributed by atoms with van der Waals surface area (Å²) in [4.78, 5) is 25.5. The van der Waals surface area contributed by atoms with Crippen LogP contribution >= 0.6 is 11.6 Å². The zero-order valence-electron chi connectivity index (χ0n) is 14.8. The van der Waals surface area contributed by atoms with Crippen LogP contribution in [0.15, 0.2) is 18.2 Å². The van der Waals surface area contributed by atoms with Gasteiger partial charge in [-0.2, -0.15) is 0 Å². The molecule has 1 aromatic rings. The van der Waals surface area contributed by atoms with Crippen molar-refractivity contribution in [1.29, 1.82) is 0 Å². The van der Waals surface area contributed by atoms with E-state index in [4.69, 9.17) is 21.1 Å². The first kappa shape index (κ1) is 17.6.